The standard InChI is InChI=1S/C16H30N2O3/c1-11(2)13-7-6-8-18(13)15(21)17-10-12(14(19)20)9-16(3,4)5/h11-13H,6-10H2,1-5H3,(H,17,21)(H,19,20). The molecule has 1 fully saturated rings. The Morgan fingerprint density at radius 3 is 2.43 bits per heavy atom. The minimum absolute atomic E-state index is 0.0676. The molecule has 0 bridgehead atoms. The highest BCUT2D eigenvalue weighted by Crippen LogP contribution is 2.25. The summed E-state index contributed by atoms with van der Waals surface area (Å²) in [4.78, 5) is 25.5. The summed E-state index contributed by atoms with van der Waals surface area (Å²) in [6.45, 7) is 11.3. The van der Waals surface area contributed by atoms with Gasteiger partial charge in [-0.1, -0.05) is 34.6 Å². The Hall–Kier alpha value is -1.26. The second-order valence-electron chi connectivity index (χ2n) is 7.63. The lowest BCUT2D eigenvalue weighted by Crippen LogP contribution is -2.46. The van der Waals surface area contributed by atoms with Crippen molar-refractivity contribution < 1.29 is 14.7 Å². The fraction of sp³-hybridized carbons (Fsp3) is 0.875. The number of amides is 2. The van der Waals surface area contributed by atoms with Crippen LogP contribution in [0.1, 0.15) is 53.9 Å². The normalized spacial score (nSPS) is 20.7. The molecule has 2 unspecified atom stereocenters. The van der Waals surface area contributed by atoms with Crippen molar-refractivity contribution in [3.05, 3.63) is 0 Å². The van der Waals surface area contributed by atoms with E-state index in [0.717, 1.165) is 19.4 Å². The van der Waals surface area contributed by atoms with Crippen molar-refractivity contribution in [3.8, 4) is 0 Å². The summed E-state index contributed by atoms with van der Waals surface area (Å²) in [6, 6.07) is 0.155. The zero-order valence-electron chi connectivity index (χ0n) is 14.0. The number of rotatable bonds is 5. The molecule has 0 radical (unpaired) electrons. The average Bonchev–Trinajstić information content (AvgIpc) is 2.81. The third kappa shape index (κ3) is 5.56. The van der Waals surface area contributed by atoms with Crippen molar-refractivity contribution in [1.82, 2.24) is 10.2 Å². The van der Waals surface area contributed by atoms with Gasteiger partial charge in [0, 0.05) is 19.1 Å². The molecule has 1 saturated heterocycles. The third-order valence-electron chi connectivity index (χ3n) is 4.04. The molecule has 5 nitrogen and oxygen atoms in total. The van der Waals surface area contributed by atoms with Gasteiger partial charge in [-0.05, 0) is 30.6 Å². The molecule has 2 N–H and O–H groups in total. The fourth-order valence-electron chi connectivity index (χ4n) is 3.04. The van der Waals surface area contributed by atoms with Gasteiger partial charge in [0.2, 0.25) is 0 Å². The summed E-state index contributed by atoms with van der Waals surface area (Å²) in [5, 5.41) is 12.1. The molecule has 1 heterocycles. The first kappa shape index (κ1) is 17.8. The van der Waals surface area contributed by atoms with E-state index in [1.165, 1.54) is 0 Å². The Morgan fingerprint density at radius 2 is 1.95 bits per heavy atom. The largest absolute Gasteiger partial charge is 0.481 e. The number of hydrogen-bond donors (Lipinski definition) is 2. The molecule has 5 heteroatoms. The zero-order valence-corrected chi connectivity index (χ0v) is 14.0. The van der Waals surface area contributed by atoms with Crippen molar-refractivity contribution in [2.45, 2.75) is 59.9 Å². The highest BCUT2D eigenvalue weighted by atomic mass is 16.4. The summed E-state index contributed by atoms with van der Waals surface area (Å²) in [5.74, 6) is -0.941. The lowest BCUT2D eigenvalue weighted by Gasteiger charge is -2.29. The van der Waals surface area contributed by atoms with Crippen molar-refractivity contribution in [2.24, 2.45) is 17.3 Å². The quantitative estimate of drug-likeness (QED) is 0.820. The van der Waals surface area contributed by atoms with Crippen LogP contribution in [-0.2, 0) is 4.79 Å². The number of hydrogen-bond acceptors (Lipinski definition) is 2. The SMILES string of the molecule is CC(C)C1CCCN1C(=O)NCC(CC(C)(C)C)C(=O)O. The van der Waals surface area contributed by atoms with Crippen LogP contribution in [0.3, 0.4) is 0 Å². The van der Waals surface area contributed by atoms with E-state index in [1.54, 1.807) is 0 Å². The number of likely N-dealkylation sites (tertiary alicyclic amines) is 1. The molecule has 0 aromatic carbocycles. The lowest BCUT2D eigenvalue weighted by molar-refractivity contribution is -0.142. The van der Waals surface area contributed by atoms with E-state index in [9.17, 15) is 14.7 Å². The Labute approximate surface area is 128 Å². The van der Waals surface area contributed by atoms with Crippen molar-refractivity contribution in [2.75, 3.05) is 13.1 Å². The first-order chi connectivity index (χ1) is 9.61. The molecular weight excluding hydrogens is 268 g/mol. The maximum Gasteiger partial charge on any atom is 0.317 e. The van der Waals surface area contributed by atoms with E-state index in [2.05, 4.69) is 19.2 Å². The Balaban J connectivity index is 2.55. The minimum Gasteiger partial charge on any atom is -0.481 e. The summed E-state index contributed by atoms with van der Waals surface area (Å²) in [6.07, 6.45) is 2.62. The van der Waals surface area contributed by atoms with E-state index in [4.69, 9.17) is 0 Å². The van der Waals surface area contributed by atoms with Gasteiger partial charge in [0.05, 0.1) is 5.92 Å². The molecule has 0 aromatic rings. The second kappa shape index (κ2) is 7.14. The molecule has 21 heavy (non-hydrogen) atoms. The van der Waals surface area contributed by atoms with Gasteiger partial charge in [-0.2, -0.15) is 0 Å². The third-order valence-corrected chi connectivity index (χ3v) is 4.04. The van der Waals surface area contributed by atoms with Crippen molar-refractivity contribution in [3.63, 3.8) is 0 Å². The van der Waals surface area contributed by atoms with Crippen LogP contribution in [0.4, 0.5) is 4.79 Å². The summed E-state index contributed by atoms with van der Waals surface area (Å²) in [5.41, 5.74) is -0.0676. The molecular formula is C16H30N2O3. The lowest BCUT2D eigenvalue weighted by atomic mass is 9.84. The molecule has 122 valence electrons. The molecule has 2 atom stereocenters. The van der Waals surface area contributed by atoms with Crippen LogP contribution >= 0.6 is 0 Å². The number of carbonyl (C=O) groups is 2. The summed E-state index contributed by atoms with van der Waals surface area (Å²) in [7, 11) is 0. The van der Waals surface area contributed by atoms with Crippen LogP contribution in [0.15, 0.2) is 0 Å². The first-order valence-corrected chi connectivity index (χ1v) is 7.89. The maximum absolute atomic E-state index is 12.3. The molecule has 1 aliphatic rings. The van der Waals surface area contributed by atoms with Crippen molar-refractivity contribution in [1.29, 1.82) is 0 Å². The van der Waals surface area contributed by atoms with Gasteiger partial charge in [0.25, 0.3) is 0 Å². The van der Waals surface area contributed by atoms with Crippen LogP contribution in [0.2, 0.25) is 0 Å². The second-order valence-corrected chi connectivity index (χ2v) is 7.63. The zero-order chi connectivity index (χ0) is 16.2. The number of carboxylic acids is 1. The van der Waals surface area contributed by atoms with Crippen LogP contribution < -0.4 is 5.32 Å². The molecule has 2 amide bonds. The highest BCUT2D eigenvalue weighted by Gasteiger charge is 2.32. The Morgan fingerprint density at radius 1 is 1.33 bits per heavy atom. The molecule has 0 aliphatic carbocycles. The number of carboxylic acid groups (broad SMARTS) is 1. The van der Waals surface area contributed by atoms with Gasteiger partial charge < -0.3 is 15.3 Å². The Kier molecular flexibility index (Phi) is 6.05. The minimum atomic E-state index is -0.841. The van der Waals surface area contributed by atoms with Gasteiger partial charge in [0.1, 0.15) is 0 Å². The number of aliphatic carboxylic acids is 1. The van der Waals surface area contributed by atoms with Gasteiger partial charge in [-0.15, -0.1) is 0 Å². The first-order valence-electron chi connectivity index (χ1n) is 7.89. The predicted octanol–water partition coefficient (Wildman–Crippen LogP) is 2.95. The molecule has 0 spiro atoms. The molecule has 1 rings (SSSR count). The molecule has 1 aliphatic heterocycles. The van der Waals surface area contributed by atoms with E-state index < -0.39 is 11.9 Å². The maximum atomic E-state index is 12.3. The van der Waals surface area contributed by atoms with Crippen molar-refractivity contribution >= 4 is 12.0 Å². The summed E-state index contributed by atoms with van der Waals surface area (Å²) < 4.78 is 0. The highest BCUT2D eigenvalue weighted by molar-refractivity contribution is 5.76. The molecule has 0 aromatic heterocycles. The van der Waals surface area contributed by atoms with E-state index in [-0.39, 0.29) is 24.0 Å². The van der Waals surface area contributed by atoms with Crippen LogP contribution in [-0.4, -0.2) is 41.1 Å². The number of nitrogens with one attached hydrogen (secondary N) is 1. The van der Waals surface area contributed by atoms with Gasteiger partial charge in [-0.3, -0.25) is 4.79 Å². The number of nitrogens with zero attached hydrogens (tertiary/aromatic N) is 1. The average molecular weight is 298 g/mol. The van der Waals surface area contributed by atoms with Gasteiger partial charge in [-0.25, -0.2) is 4.79 Å². The van der Waals surface area contributed by atoms with E-state index in [1.807, 2.05) is 25.7 Å². The van der Waals surface area contributed by atoms with Crippen LogP contribution in [0, 0.1) is 17.3 Å². The predicted molar refractivity (Wildman–Crippen MR) is 83.2 cm³/mol. The van der Waals surface area contributed by atoms with Crippen LogP contribution in [0.5, 0.6) is 0 Å². The van der Waals surface area contributed by atoms with E-state index >= 15 is 0 Å². The molecule has 0 saturated carbocycles. The van der Waals surface area contributed by atoms with Gasteiger partial charge >= 0.3 is 12.0 Å². The fourth-order valence-corrected chi connectivity index (χ4v) is 3.04. The smallest absolute Gasteiger partial charge is 0.317 e. The topological polar surface area (TPSA) is 69.6 Å². The number of urea groups is 1. The number of carbonyl (C=O) groups excluding carboxylic acids is 1. The Bertz CT molecular complexity index is 374. The summed E-state index contributed by atoms with van der Waals surface area (Å²) >= 11 is 0. The van der Waals surface area contributed by atoms with Crippen LogP contribution in [0.25, 0.3) is 0 Å². The van der Waals surface area contributed by atoms with E-state index in [0.29, 0.717) is 12.3 Å². The van der Waals surface area contributed by atoms with Gasteiger partial charge in [0.15, 0.2) is 0 Å². The monoisotopic (exact) mass is 298 g/mol.